The molecule has 12 heteroatoms. The molecule has 1 heterocycles. The molecule has 0 amide bonds. The lowest BCUT2D eigenvalue weighted by atomic mass is 9.98. The predicted octanol–water partition coefficient (Wildman–Crippen LogP) is -0.0491. The Kier molecular flexibility index (Phi) is 10.2. The number of esters is 4. The van der Waals surface area contributed by atoms with Crippen LogP contribution in [0.5, 0.6) is 0 Å². The number of carbonyl (C=O) groups excluding carboxylic acids is 4. The van der Waals surface area contributed by atoms with Gasteiger partial charge in [0.15, 0.2) is 24.6 Å². The summed E-state index contributed by atoms with van der Waals surface area (Å²) < 4.78 is 31.8. The SMILES string of the molecule is CC(=O)OC[C@H]1O[C@@H](OCCCC(=O)O)[C@H](OC(C)=O)[C@@H](OC(C)=O)[C@@H]1OC(C)=O. The molecule has 0 aromatic carbocycles. The van der Waals surface area contributed by atoms with E-state index >= 15 is 0 Å². The van der Waals surface area contributed by atoms with Crippen LogP contribution in [0, 0.1) is 0 Å². The largest absolute Gasteiger partial charge is 0.481 e. The summed E-state index contributed by atoms with van der Waals surface area (Å²) in [5.74, 6) is -3.91. The molecule has 5 atom stereocenters. The van der Waals surface area contributed by atoms with Crippen molar-refractivity contribution in [2.75, 3.05) is 13.2 Å². The first-order chi connectivity index (χ1) is 14.0. The van der Waals surface area contributed by atoms with Crippen LogP contribution in [0.25, 0.3) is 0 Å². The molecule has 30 heavy (non-hydrogen) atoms. The Morgan fingerprint density at radius 2 is 1.33 bits per heavy atom. The molecule has 0 aromatic rings. The summed E-state index contributed by atoms with van der Waals surface area (Å²) in [5, 5.41) is 8.73. The van der Waals surface area contributed by atoms with Crippen LogP contribution in [0.2, 0.25) is 0 Å². The molecule has 0 aliphatic carbocycles. The third-order valence-corrected chi connectivity index (χ3v) is 3.77. The maximum atomic E-state index is 11.7. The van der Waals surface area contributed by atoms with Crippen molar-refractivity contribution in [2.24, 2.45) is 0 Å². The second-order valence-electron chi connectivity index (χ2n) is 6.44. The van der Waals surface area contributed by atoms with Crippen molar-refractivity contribution in [3.63, 3.8) is 0 Å². The minimum atomic E-state index is -1.32. The van der Waals surface area contributed by atoms with Crippen LogP contribution in [-0.2, 0) is 52.4 Å². The van der Waals surface area contributed by atoms with E-state index in [1.54, 1.807) is 0 Å². The van der Waals surface area contributed by atoms with Gasteiger partial charge in [-0.15, -0.1) is 0 Å². The van der Waals surface area contributed by atoms with Gasteiger partial charge in [0, 0.05) is 34.1 Å². The fourth-order valence-electron chi connectivity index (χ4n) is 2.75. The Morgan fingerprint density at radius 3 is 1.83 bits per heavy atom. The van der Waals surface area contributed by atoms with Crippen molar-refractivity contribution in [3.05, 3.63) is 0 Å². The van der Waals surface area contributed by atoms with Crippen molar-refractivity contribution in [1.82, 2.24) is 0 Å². The summed E-state index contributed by atoms with van der Waals surface area (Å²) in [5.41, 5.74) is 0. The van der Waals surface area contributed by atoms with Crippen molar-refractivity contribution in [2.45, 2.75) is 71.2 Å². The average Bonchev–Trinajstić information content (AvgIpc) is 2.60. The minimum absolute atomic E-state index is 0.0833. The lowest BCUT2D eigenvalue weighted by molar-refractivity contribution is -0.308. The molecular weight excluding hydrogens is 408 g/mol. The third kappa shape index (κ3) is 8.74. The Bertz CT molecular complexity index is 645. The predicted molar refractivity (Wildman–Crippen MR) is 94.8 cm³/mol. The standard InChI is InChI=1S/C18H26O12/c1-9(19)26-8-13-15(27-10(2)20)16(28-11(3)21)17(29-12(4)22)18(30-13)25-7-5-6-14(23)24/h13,15-18H,5-8H2,1-4H3,(H,23,24)/t13-,15-,16+,17-,18-/m1/s1. The zero-order valence-corrected chi connectivity index (χ0v) is 17.2. The van der Waals surface area contributed by atoms with Crippen LogP contribution in [-0.4, -0.2) is 78.9 Å². The van der Waals surface area contributed by atoms with Gasteiger partial charge in [0.1, 0.15) is 12.7 Å². The molecule has 0 radical (unpaired) electrons. The van der Waals surface area contributed by atoms with Crippen molar-refractivity contribution in [3.8, 4) is 0 Å². The number of ether oxygens (including phenoxy) is 6. The quantitative estimate of drug-likeness (QED) is 0.278. The molecule has 0 unspecified atom stereocenters. The van der Waals surface area contributed by atoms with Crippen molar-refractivity contribution in [1.29, 1.82) is 0 Å². The van der Waals surface area contributed by atoms with E-state index in [4.69, 9.17) is 33.5 Å². The van der Waals surface area contributed by atoms with Gasteiger partial charge in [0.2, 0.25) is 0 Å². The highest BCUT2D eigenvalue weighted by Crippen LogP contribution is 2.30. The summed E-state index contributed by atoms with van der Waals surface area (Å²) in [7, 11) is 0. The van der Waals surface area contributed by atoms with Gasteiger partial charge < -0.3 is 33.5 Å². The van der Waals surface area contributed by atoms with Crippen LogP contribution >= 0.6 is 0 Å². The third-order valence-electron chi connectivity index (χ3n) is 3.77. The maximum absolute atomic E-state index is 11.7. The van der Waals surface area contributed by atoms with E-state index < -0.39 is 60.6 Å². The van der Waals surface area contributed by atoms with Gasteiger partial charge in [-0.2, -0.15) is 0 Å². The monoisotopic (exact) mass is 434 g/mol. The number of hydrogen-bond acceptors (Lipinski definition) is 11. The number of carboxylic acid groups (broad SMARTS) is 1. The molecule has 1 aliphatic rings. The summed E-state index contributed by atoms with van der Waals surface area (Å²) in [6, 6.07) is 0. The molecule has 0 saturated carbocycles. The van der Waals surface area contributed by atoms with Crippen LogP contribution in [0.1, 0.15) is 40.5 Å². The van der Waals surface area contributed by atoms with E-state index in [2.05, 4.69) is 0 Å². The molecule has 0 aromatic heterocycles. The van der Waals surface area contributed by atoms with Crippen molar-refractivity contribution < 1.29 is 57.5 Å². The number of carbonyl (C=O) groups is 5. The fourth-order valence-corrected chi connectivity index (χ4v) is 2.75. The van der Waals surface area contributed by atoms with Crippen molar-refractivity contribution >= 4 is 29.8 Å². The molecule has 1 saturated heterocycles. The maximum Gasteiger partial charge on any atom is 0.303 e. The second kappa shape index (κ2) is 12.1. The van der Waals surface area contributed by atoms with Gasteiger partial charge >= 0.3 is 29.8 Å². The highest BCUT2D eigenvalue weighted by molar-refractivity contribution is 5.68. The first kappa shape index (κ1) is 25.3. The number of rotatable bonds is 10. The summed E-state index contributed by atoms with van der Waals surface area (Å²) in [4.78, 5) is 56.7. The minimum Gasteiger partial charge on any atom is -0.481 e. The summed E-state index contributed by atoms with van der Waals surface area (Å²) in [6.45, 7) is 4.04. The second-order valence-corrected chi connectivity index (χ2v) is 6.44. The molecule has 1 N–H and O–H groups in total. The Labute approximate surface area is 172 Å². The van der Waals surface area contributed by atoms with E-state index in [1.165, 1.54) is 0 Å². The van der Waals surface area contributed by atoms with E-state index in [-0.39, 0.29) is 26.1 Å². The van der Waals surface area contributed by atoms with Crippen LogP contribution in [0.15, 0.2) is 0 Å². The van der Waals surface area contributed by atoms with Gasteiger partial charge in [0.05, 0.1) is 6.61 Å². The lowest BCUT2D eigenvalue weighted by Gasteiger charge is -2.44. The topological polar surface area (TPSA) is 161 Å². The molecule has 0 bridgehead atoms. The highest BCUT2D eigenvalue weighted by Gasteiger charge is 2.52. The fraction of sp³-hybridized carbons (Fsp3) is 0.722. The van der Waals surface area contributed by atoms with Crippen LogP contribution in [0.3, 0.4) is 0 Å². The van der Waals surface area contributed by atoms with E-state index in [0.29, 0.717) is 0 Å². The summed E-state index contributed by atoms with van der Waals surface area (Å²) in [6.07, 6.45) is -6.39. The Morgan fingerprint density at radius 1 is 0.800 bits per heavy atom. The number of carboxylic acids is 1. The number of hydrogen-bond donors (Lipinski definition) is 1. The van der Waals surface area contributed by atoms with Gasteiger partial charge in [0.25, 0.3) is 0 Å². The van der Waals surface area contributed by atoms with E-state index in [9.17, 15) is 24.0 Å². The molecule has 170 valence electrons. The first-order valence-corrected chi connectivity index (χ1v) is 9.15. The molecule has 1 fully saturated rings. The van der Waals surface area contributed by atoms with E-state index in [0.717, 1.165) is 27.7 Å². The smallest absolute Gasteiger partial charge is 0.303 e. The highest BCUT2D eigenvalue weighted by atomic mass is 16.7. The van der Waals surface area contributed by atoms with Gasteiger partial charge in [-0.25, -0.2) is 0 Å². The Hall–Kier alpha value is -2.73. The van der Waals surface area contributed by atoms with E-state index in [1.807, 2.05) is 0 Å². The van der Waals surface area contributed by atoms with Gasteiger partial charge in [-0.3, -0.25) is 24.0 Å². The first-order valence-electron chi connectivity index (χ1n) is 9.15. The Balaban J connectivity index is 3.17. The molecule has 1 aliphatic heterocycles. The average molecular weight is 434 g/mol. The number of aliphatic carboxylic acids is 1. The van der Waals surface area contributed by atoms with Gasteiger partial charge in [-0.1, -0.05) is 0 Å². The van der Waals surface area contributed by atoms with Crippen LogP contribution in [0.4, 0.5) is 0 Å². The molecule has 12 nitrogen and oxygen atoms in total. The normalized spacial score (nSPS) is 25.7. The zero-order valence-electron chi connectivity index (χ0n) is 17.2. The zero-order chi connectivity index (χ0) is 22.8. The summed E-state index contributed by atoms with van der Waals surface area (Å²) >= 11 is 0. The molecular formula is C18H26O12. The molecule has 1 rings (SSSR count). The molecule has 0 spiro atoms. The lowest BCUT2D eigenvalue weighted by Crippen LogP contribution is -2.63. The van der Waals surface area contributed by atoms with Gasteiger partial charge in [-0.05, 0) is 6.42 Å². The van der Waals surface area contributed by atoms with Crippen LogP contribution < -0.4 is 0 Å².